The number of amides is 1. The molecule has 0 aliphatic carbocycles. The number of rotatable bonds is 5. The topological polar surface area (TPSA) is 35.6 Å². The molecule has 2 saturated heterocycles. The van der Waals surface area contributed by atoms with Crippen LogP contribution in [0.1, 0.15) is 51.0 Å². The number of nitrogens with one attached hydrogen (secondary N) is 1. The Hall–Kier alpha value is -1.39. The number of nitrogens with zero attached hydrogens (tertiary/aromatic N) is 2. The highest BCUT2D eigenvalue weighted by Gasteiger charge is 2.27. The van der Waals surface area contributed by atoms with Crippen molar-refractivity contribution in [2.45, 2.75) is 58.4 Å². The average Bonchev–Trinajstić information content (AvgIpc) is 2.92. The van der Waals surface area contributed by atoms with Gasteiger partial charge >= 0.3 is 0 Å². The Bertz CT molecular complexity index is 555. The maximum absolute atomic E-state index is 12.6. The first-order chi connectivity index (χ1) is 12.6. The monoisotopic (exact) mass is 357 g/mol. The fourth-order valence-electron chi connectivity index (χ4n) is 4.26. The number of carbonyl (C=O) groups excluding carboxylic acids is 1. The Morgan fingerprint density at radius 1 is 1.04 bits per heavy atom. The van der Waals surface area contributed by atoms with Gasteiger partial charge in [-0.05, 0) is 83.8 Å². The molecule has 0 bridgehead atoms. The first-order valence-electron chi connectivity index (χ1n) is 10.5. The van der Waals surface area contributed by atoms with Crippen LogP contribution in [0.3, 0.4) is 0 Å². The molecule has 2 heterocycles. The van der Waals surface area contributed by atoms with Gasteiger partial charge in [0.15, 0.2) is 0 Å². The minimum absolute atomic E-state index is 0.0598. The predicted octanol–water partition coefficient (Wildman–Crippen LogP) is 3.91. The van der Waals surface area contributed by atoms with E-state index in [4.69, 9.17) is 0 Å². The van der Waals surface area contributed by atoms with Gasteiger partial charge in [-0.15, -0.1) is 0 Å². The van der Waals surface area contributed by atoms with Crippen LogP contribution in [-0.2, 0) is 4.79 Å². The van der Waals surface area contributed by atoms with Gasteiger partial charge in [-0.1, -0.05) is 30.5 Å². The van der Waals surface area contributed by atoms with E-state index in [1.165, 1.54) is 63.7 Å². The van der Waals surface area contributed by atoms with Crippen LogP contribution < -0.4 is 5.32 Å². The zero-order valence-electron chi connectivity index (χ0n) is 16.5. The molecule has 0 saturated carbocycles. The molecule has 4 nitrogen and oxygen atoms in total. The van der Waals surface area contributed by atoms with Gasteiger partial charge in [-0.25, -0.2) is 0 Å². The molecule has 0 radical (unpaired) electrons. The van der Waals surface area contributed by atoms with Crippen LogP contribution >= 0.6 is 0 Å². The number of hydrogen-bond donors (Lipinski definition) is 1. The zero-order valence-corrected chi connectivity index (χ0v) is 16.5. The molecule has 0 aromatic heterocycles. The summed E-state index contributed by atoms with van der Waals surface area (Å²) < 4.78 is 0. The lowest BCUT2D eigenvalue weighted by molar-refractivity contribution is -0.121. The van der Waals surface area contributed by atoms with Crippen LogP contribution in [-0.4, -0.2) is 54.5 Å². The Morgan fingerprint density at radius 3 is 2.27 bits per heavy atom. The van der Waals surface area contributed by atoms with Gasteiger partial charge in [0.05, 0.1) is 6.04 Å². The standard InChI is InChI=1S/C22H35N3O/c1-18-7-9-21(10-8-18)23-22(26)19(2)25-15-11-20(12-16-25)17-24-13-5-3-4-6-14-24/h7-10,19-20H,3-6,11-17H2,1-2H3,(H,23,26). The molecule has 1 unspecified atom stereocenters. The number of aryl methyl sites for hydroxylation is 1. The normalized spacial score (nSPS) is 21.9. The summed E-state index contributed by atoms with van der Waals surface area (Å²) in [6, 6.07) is 7.97. The molecule has 144 valence electrons. The maximum atomic E-state index is 12.6. The first kappa shape index (κ1) is 19.4. The lowest BCUT2D eigenvalue weighted by Crippen LogP contribution is -2.47. The molecule has 1 aromatic rings. The summed E-state index contributed by atoms with van der Waals surface area (Å²) in [7, 11) is 0. The van der Waals surface area contributed by atoms with Gasteiger partial charge in [0.1, 0.15) is 0 Å². The molecular weight excluding hydrogens is 322 g/mol. The minimum Gasteiger partial charge on any atom is -0.325 e. The summed E-state index contributed by atoms with van der Waals surface area (Å²) in [5, 5.41) is 3.06. The fraction of sp³-hybridized carbons (Fsp3) is 0.682. The Kier molecular flexibility index (Phi) is 7.09. The average molecular weight is 358 g/mol. The second-order valence-corrected chi connectivity index (χ2v) is 8.23. The molecule has 2 fully saturated rings. The first-order valence-corrected chi connectivity index (χ1v) is 10.5. The van der Waals surface area contributed by atoms with Crippen molar-refractivity contribution in [2.24, 2.45) is 5.92 Å². The second kappa shape index (κ2) is 9.52. The van der Waals surface area contributed by atoms with Crippen LogP contribution in [0.15, 0.2) is 24.3 Å². The van der Waals surface area contributed by atoms with Crippen molar-refractivity contribution in [2.75, 3.05) is 38.0 Å². The van der Waals surface area contributed by atoms with Crippen LogP contribution in [0.4, 0.5) is 5.69 Å². The largest absolute Gasteiger partial charge is 0.325 e. The maximum Gasteiger partial charge on any atom is 0.241 e. The molecule has 1 amide bonds. The van der Waals surface area contributed by atoms with Crippen LogP contribution in [0.25, 0.3) is 0 Å². The summed E-state index contributed by atoms with van der Waals surface area (Å²) in [5.41, 5.74) is 2.10. The molecule has 1 atom stereocenters. The van der Waals surface area contributed by atoms with Crippen molar-refractivity contribution in [1.29, 1.82) is 0 Å². The lowest BCUT2D eigenvalue weighted by Gasteiger charge is -2.37. The van der Waals surface area contributed by atoms with Gasteiger partial charge in [0.2, 0.25) is 5.91 Å². The molecule has 26 heavy (non-hydrogen) atoms. The van der Waals surface area contributed by atoms with Crippen molar-refractivity contribution in [1.82, 2.24) is 9.80 Å². The molecule has 4 heteroatoms. The van der Waals surface area contributed by atoms with E-state index >= 15 is 0 Å². The SMILES string of the molecule is Cc1ccc(NC(=O)C(C)N2CCC(CN3CCCCCC3)CC2)cc1. The molecule has 3 rings (SSSR count). The van der Waals surface area contributed by atoms with E-state index < -0.39 is 0 Å². The van der Waals surface area contributed by atoms with Gasteiger partial charge in [-0.2, -0.15) is 0 Å². The molecule has 1 aromatic carbocycles. The third-order valence-electron chi connectivity index (χ3n) is 6.11. The number of benzene rings is 1. The molecule has 2 aliphatic rings. The van der Waals surface area contributed by atoms with E-state index in [0.717, 1.165) is 24.7 Å². The third-order valence-corrected chi connectivity index (χ3v) is 6.11. The zero-order chi connectivity index (χ0) is 18.4. The lowest BCUT2D eigenvalue weighted by atomic mass is 9.95. The molecule has 2 aliphatic heterocycles. The third kappa shape index (κ3) is 5.55. The van der Waals surface area contributed by atoms with Crippen molar-refractivity contribution in [3.05, 3.63) is 29.8 Å². The van der Waals surface area contributed by atoms with Crippen molar-refractivity contribution >= 4 is 11.6 Å². The van der Waals surface area contributed by atoms with Gasteiger partial charge in [0, 0.05) is 12.2 Å². The van der Waals surface area contributed by atoms with Crippen LogP contribution in [0.5, 0.6) is 0 Å². The number of likely N-dealkylation sites (tertiary alicyclic amines) is 2. The van der Waals surface area contributed by atoms with E-state index in [9.17, 15) is 4.79 Å². The van der Waals surface area contributed by atoms with E-state index in [-0.39, 0.29) is 11.9 Å². The van der Waals surface area contributed by atoms with Crippen molar-refractivity contribution in [3.8, 4) is 0 Å². The van der Waals surface area contributed by atoms with Gasteiger partial charge < -0.3 is 10.2 Å². The Morgan fingerprint density at radius 2 is 1.65 bits per heavy atom. The van der Waals surface area contributed by atoms with E-state index in [2.05, 4.69) is 22.0 Å². The highest BCUT2D eigenvalue weighted by atomic mass is 16.2. The van der Waals surface area contributed by atoms with Crippen LogP contribution in [0.2, 0.25) is 0 Å². The van der Waals surface area contributed by atoms with E-state index in [1.807, 2.05) is 31.2 Å². The molecule has 1 N–H and O–H groups in total. The predicted molar refractivity (Wildman–Crippen MR) is 108 cm³/mol. The minimum atomic E-state index is -0.0598. The second-order valence-electron chi connectivity index (χ2n) is 8.23. The van der Waals surface area contributed by atoms with E-state index in [1.54, 1.807) is 0 Å². The summed E-state index contributed by atoms with van der Waals surface area (Å²) in [4.78, 5) is 17.6. The molecular formula is C22H35N3O. The number of hydrogen-bond acceptors (Lipinski definition) is 3. The summed E-state index contributed by atoms with van der Waals surface area (Å²) in [6.07, 6.45) is 7.99. The number of carbonyl (C=O) groups is 1. The van der Waals surface area contributed by atoms with E-state index in [0.29, 0.717) is 0 Å². The van der Waals surface area contributed by atoms with Gasteiger partial charge in [-0.3, -0.25) is 9.69 Å². The van der Waals surface area contributed by atoms with Crippen LogP contribution in [0, 0.1) is 12.8 Å². The molecule has 0 spiro atoms. The van der Waals surface area contributed by atoms with Crippen molar-refractivity contribution in [3.63, 3.8) is 0 Å². The summed E-state index contributed by atoms with van der Waals surface area (Å²) in [5.74, 6) is 0.913. The smallest absolute Gasteiger partial charge is 0.241 e. The summed E-state index contributed by atoms with van der Waals surface area (Å²) >= 11 is 0. The fourth-order valence-corrected chi connectivity index (χ4v) is 4.26. The Balaban J connectivity index is 1.43. The summed E-state index contributed by atoms with van der Waals surface area (Å²) in [6.45, 7) is 10.0. The highest BCUT2D eigenvalue weighted by molar-refractivity contribution is 5.94. The van der Waals surface area contributed by atoms with Crippen molar-refractivity contribution < 1.29 is 4.79 Å². The number of piperidine rings is 1. The Labute approximate surface area is 158 Å². The highest BCUT2D eigenvalue weighted by Crippen LogP contribution is 2.22. The van der Waals surface area contributed by atoms with Gasteiger partial charge in [0.25, 0.3) is 0 Å². The number of anilines is 1. The quantitative estimate of drug-likeness (QED) is 0.868.